The van der Waals surface area contributed by atoms with Gasteiger partial charge in [-0.3, -0.25) is 14.6 Å². The van der Waals surface area contributed by atoms with E-state index in [-0.39, 0.29) is 17.7 Å². The molecule has 3 aromatic rings. The van der Waals surface area contributed by atoms with Gasteiger partial charge < -0.3 is 10.2 Å². The highest BCUT2D eigenvalue weighted by Gasteiger charge is 2.28. The maximum atomic E-state index is 13.4. The smallest absolute Gasteiger partial charge is 0.230 e. The minimum Gasteiger partial charge on any atom is -0.326 e. The molecular formula is C24H25N3O2. The van der Waals surface area contributed by atoms with Crippen molar-refractivity contribution >= 4 is 34.0 Å². The molecule has 0 saturated carbocycles. The highest BCUT2D eigenvalue weighted by molar-refractivity contribution is 5.99. The van der Waals surface area contributed by atoms with Gasteiger partial charge in [-0.2, -0.15) is 0 Å². The van der Waals surface area contributed by atoms with Crippen LogP contribution in [0.25, 0.3) is 10.8 Å². The fraction of sp³-hybridized carbons (Fsp3) is 0.292. The molecule has 2 heterocycles. The maximum absolute atomic E-state index is 13.4. The number of nitrogens with zero attached hydrogens (tertiary/aromatic N) is 2. The van der Waals surface area contributed by atoms with Crippen LogP contribution in [0.3, 0.4) is 0 Å². The Bertz CT molecular complexity index is 1070. The van der Waals surface area contributed by atoms with Crippen LogP contribution in [0.2, 0.25) is 0 Å². The van der Waals surface area contributed by atoms with E-state index in [2.05, 4.69) is 16.4 Å². The first-order valence-electron chi connectivity index (χ1n) is 10.1. The minimum absolute atomic E-state index is 0.0985. The summed E-state index contributed by atoms with van der Waals surface area (Å²) in [6, 6.07) is 13.9. The summed E-state index contributed by atoms with van der Waals surface area (Å²) in [6.45, 7) is 4.19. The van der Waals surface area contributed by atoms with Crippen molar-refractivity contribution in [2.24, 2.45) is 5.92 Å². The van der Waals surface area contributed by atoms with E-state index in [1.807, 2.05) is 60.6 Å². The molecule has 5 heteroatoms. The van der Waals surface area contributed by atoms with Crippen molar-refractivity contribution in [3.63, 3.8) is 0 Å². The molecule has 1 atom stereocenters. The first kappa shape index (κ1) is 19.1. The molecule has 148 valence electrons. The number of anilines is 2. The molecule has 1 N–H and O–H groups in total. The van der Waals surface area contributed by atoms with E-state index in [1.165, 1.54) is 6.92 Å². The number of benzene rings is 2. The number of carbonyl (C=O) groups is 2. The predicted molar refractivity (Wildman–Crippen MR) is 116 cm³/mol. The lowest BCUT2D eigenvalue weighted by atomic mass is 9.94. The summed E-state index contributed by atoms with van der Waals surface area (Å²) >= 11 is 0. The van der Waals surface area contributed by atoms with Gasteiger partial charge in [0.25, 0.3) is 0 Å². The van der Waals surface area contributed by atoms with Crippen LogP contribution in [0.1, 0.15) is 31.4 Å². The second kappa shape index (κ2) is 8.03. The van der Waals surface area contributed by atoms with Gasteiger partial charge in [-0.05, 0) is 47.9 Å². The Morgan fingerprint density at radius 2 is 1.97 bits per heavy atom. The summed E-state index contributed by atoms with van der Waals surface area (Å²) < 4.78 is 0. The van der Waals surface area contributed by atoms with Gasteiger partial charge in [0.05, 0.1) is 0 Å². The number of hydrogen-bond donors (Lipinski definition) is 1. The average molecular weight is 387 g/mol. The maximum Gasteiger partial charge on any atom is 0.230 e. The quantitative estimate of drug-likeness (QED) is 0.724. The summed E-state index contributed by atoms with van der Waals surface area (Å²) in [5, 5.41) is 5.13. The van der Waals surface area contributed by atoms with Crippen LogP contribution >= 0.6 is 0 Å². The van der Waals surface area contributed by atoms with Crippen LogP contribution < -0.4 is 10.2 Å². The molecule has 2 amide bonds. The summed E-state index contributed by atoms with van der Waals surface area (Å²) in [5.74, 6) is -0.157. The zero-order chi connectivity index (χ0) is 20.4. The second-order valence-corrected chi connectivity index (χ2v) is 7.70. The molecular weight excluding hydrogens is 362 g/mol. The summed E-state index contributed by atoms with van der Waals surface area (Å²) in [5.41, 5.74) is 3.85. The van der Waals surface area contributed by atoms with Crippen LogP contribution in [0, 0.1) is 5.92 Å². The Morgan fingerprint density at radius 1 is 1.14 bits per heavy atom. The van der Waals surface area contributed by atoms with Gasteiger partial charge in [-0.25, -0.2) is 0 Å². The molecule has 0 aliphatic carbocycles. The number of aromatic nitrogens is 1. The SMILES string of the molecule is CC(=O)Nc1cccc2c1CCCN2C(=O)C(C)Cc1cncc2ccccc12. The minimum atomic E-state index is -0.169. The molecule has 0 spiro atoms. The zero-order valence-electron chi connectivity index (χ0n) is 16.8. The molecule has 0 saturated heterocycles. The van der Waals surface area contributed by atoms with Crippen molar-refractivity contribution in [3.8, 4) is 0 Å². The number of hydrogen-bond acceptors (Lipinski definition) is 3. The van der Waals surface area contributed by atoms with Gasteiger partial charge in [0.1, 0.15) is 0 Å². The molecule has 1 aromatic heterocycles. The molecule has 1 aliphatic heterocycles. The lowest BCUT2D eigenvalue weighted by molar-refractivity contribution is -0.122. The standard InChI is InChI=1S/C24H25N3O2/c1-16(13-19-15-25-14-18-7-3-4-8-20(18)19)24(29)27-12-6-9-21-22(26-17(2)28)10-5-11-23(21)27/h3-5,7-8,10-11,14-16H,6,9,12-13H2,1-2H3,(H,26,28). The highest BCUT2D eigenvalue weighted by atomic mass is 16.2. The van der Waals surface area contributed by atoms with E-state index in [0.717, 1.165) is 46.1 Å². The van der Waals surface area contributed by atoms with Gasteiger partial charge in [0, 0.05) is 48.5 Å². The number of carbonyl (C=O) groups excluding carboxylic acids is 2. The molecule has 29 heavy (non-hydrogen) atoms. The average Bonchev–Trinajstić information content (AvgIpc) is 2.73. The molecule has 0 radical (unpaired) electrons. The monoisotopic (exact) mass is 387 g/mol. The van der Waals surface area contributed by atoms with Crippen molar-refractivity contribution in [3.05, 3.63) is 66.0 Å². The van der Waals surface area contributed by atoms with E-state index < -0.39 is 0 Å². The Kier molecular flexibility index (Phi) is 5.30. The molecule has 5 nitrogen and oxygen atoms in total. The zero-order valence-corrected chi connectivity index (χ0v) is 16.8. The van der Waals surface area contributed by atoms with E-state index in [1.54, 1.807) is 0 Å². The van der Waals surface area contributed by atoms with Crippen molar-refractivity contribution < 1.29 is 9.59 Å². The van der Waals surface area contributed by atoms with Crippen molar-refractivity contribution in [1.29, 1.82) is 0 Å². The van der Waals surface area contributed by atoms with Crippen LogP contribution in [-0.4, -0.2) is 23.3 Å². The van der Waals surface area contributed by atoms with Crippen molar-refractivity contribution in [2.75, 3.05) is 16.8 Å². The van der Waals surface area contributed by atoms with E-state index in [0.29, 0.717) is 13.0 Å². The van der Waals surface area contributed by atoms with Gasteiger partial charge in [0.2, 0.25) is 11.8 Å². The number of rotatable bonds is 4. The molecule has 0 bridgehead atoms. The van der Waals surface area contributed by atoms with Crippen LogP contribution in [0.5, 0.6) is 0 Å². The van der Waals surface area contributed by atoms with Crippen LogP contribution in [0.15, 0.2) is 54.9 Å². The first-order chi connectivity index (χ1) is 14.0. The number of amides is 2. The second-order valence-electron chi connectivity index (χ2n) is 7.70. The topological polar surface area (TPSA) is 62.3 Å². The molecule has 1 aliphatic rings. The van der Waals surface area contributed by atoms with E-state index in [4.69, 9.17) is 0 Å². The molecule has 4 rings (SSSR count). The number of nitrogens with one attached hydrogen (secondary N) is 1. The Hall–Kier alpha value is -3.21. The molecule has 1 unspecified atom stereocenters. The third kappa shape index (κ3) is 3.86. The lowest BCUT2D eigenvalue weighted by Gasteiger charge is -2.32. The van der Waals surface area contributed by atoms with Gasteiger partial charge in [-0.1, -0.05) is 37.3 Å². The highest BCUT2D eigenvalue weighted by Crippen LogP contribution is 2.34. The fourth-order valence-electron chi connectivity index (χ4n) is 4.19. The summed E-state index contributed by atoms with van der Waals surface area (Å²) in [6.07, 6.45) is 6.11. The van der Waals surface area contributed by atoms with Crippen molar-refractivity contribution in [1.82, 2.24) is 4.98 Å². The lowest BCUT2D eigenvalue weighted by Crippen LogP contribution is -2.39. The number of fused-ring (bicyclic) bond motifs is 2. The Morgan fingerprint density at radius 3 is 2.79 bits per heavy atom. The van der Waals surface area contributed by atoms with Gasteiger partial charge in [-0.15, -0.1) is 0 Å². The van der Waals surface area contributed by atoms with Crippen LogP contribution in [-0.2, 0) is 22.4 Å². The number of pyridine rings is 1. The van der Waals surface area contributed by atoms with Crippen LogP contribution in [0.4, 0.5) is 11.4 Å². The van der Waals surface area contributed by atoms with E-state index >= 15 is 0 Å². The third-order valence-corrected chi connectivity index (χ3v) is 5.53. The molecule has 2 aromatic carbocycles. The Labute approximate surface area is 170 Å². The fourth-order valence-corrected chi connectivity index (χ4v) is 4.19. The Balaban J connectivity index is 1.60. The van der Waals surface area contributed by atoms with Crippen molar-refractivity contribution in [2.45, 2.75) is 33.1 Å². The third-order valence-electron chi connectivity index (χ3n) is 5.53. The van der Waals surface area contributed by atoms with Gasteiger partial charge >= 0.3 is 0 Å². The van der Waals surface area contributed by atoms with E-state index in [9.17, 15) is 9.59 Å². The first-order valence-corrected chi connectivity index (χ1v) is 10.1. The normalized spacial score (nSPS) is 14.3. The summed E-state index contributed by atoms with van der Waals surface area (Å²) in [4.78, 5) is 31.1. The predicted octanol–water partition coefficient (Wildman–Crippen LogP) is 4.35. The summed E-state index contributed by atoms with van der Waals surface area (Å²) in [7, 11) is 0. The molecule has 0 fully saturated rings. The largest absolute Gasteiger partial charge is 0.326 e. The van der Waals surface area contributed by atoms with Gasteiger partial charge in [0.15, 0.2) is 0 Å².